The third kappa shape index (κ3) is 5.75. The lowest BCUT2D eigenvalue weighted by Crippen LogP contribution is -2.41. The highest BCUT2D eigenvalue weighted by Gasteiger charge is 2.29. The van der Waals surface area contributed by atoms with E-state index in [0.29, 0.717) is 25.6 Å². The van der Waals surface area contributed by atoms with Gasteiger partial charge in [0, 0.05) is 60.0 Å². The number of aromatic nitrogens is 3. The van der Waals surface area contributed by atoms with Crippen LogP contribution in [0.3, 0.4) is 0 Å². The fraction of sp³-hybridized carbons (Fsp3) is 0.567. The summed E-state index contributed by atoms with van der Waals surface area (Å²) in [4.78, 5) is 32.1. The van der Waals surface area contributed by atoms with E-state index in [9.17, 15) is 9.59 Å². The van der Waals surface area contributed by atoms with Gasteiger partial charge in [0.2, 0.25) is 5.91 Å². The van der Waals surface area contributed by atoms with Crippen molar-refractivity contribution in [1.82, 2.24) is 19.0 Å². The van der Waals surface area contributed by atoms with Gasteiger partial charge < -0.3 is 9.64 Å². The van der Waals surface area contributed by atoms with Crippen molar-refractivity contribution in [3.05, 3.63) is 57.2 Å². The highest BCUT2D eigenvalue weighted by molar-refractivity contribution is 7.13. The Bertz CT molecular complexity index is 1310. The van der Waals surface area contributed by atoms with Crippen molar-refractivity contribution in [2.45, 2.75) is 91.1 Å². The third-order valence-electron chi connectivity index (χ3n) is 7.51. The molecule has 206 valence electrons. The molecule has 2 aromatic heterocycles. The first kappa shape index (κ1) is 28.1. The zero-order valence-corrected chi connectivity index (χ0v) is 24.9. The summed E-state index contributed by atoms with van der Waals surface area (Å²) in [6.45, 7) is 17.3. The molecule has 0 bridgehead atoms. The van der Waals surface area contributed by atoms with Gasteiger partial charge in [-0.1, -0.05) is 41.5 Å². The second-order valence-corrected chi connectivity index (χ2v) is 13.2. The Morgan fingerprint density at radius 1 is 1.03 bits per heavy atom. The maximum Gasteiger partial charge on any atom is 0.328 e. The first-order valence-electron chi connectivity index (χ1n) is 13.6. The van der Waals surface area contributed by atoms with Gasteiger partial charge >= 0.3 is 5.69 Å². The van der Waals surface area contributed by atoms with E-state index in [1.165, 1.54) is 15.7 Å². The molecule has 0 N–H and O–H groups in total. The number of hydrogen-bond acceptors (Lipinski definition) is 5. The van der Waals surface area contributed by atoms with Gasteiger partial charge in [0.15, 0.2) is 0 Å². The summed E-state index contributed by atoms with van der Waals surface area (Å²) in [5.41, 5.74) is 4.37. The number of ether oxygens (including phenoxy) is 1. The van der Waals surface area contributed by atoms with Crippen LogP contribution in [0.5, 0.6) is 5.75 Å². The van der Waals surface area contributed by atoms with E-state index in [4.69, 9.17) is 9.72 Å². The van der Waals surface area contributed by atoms with E-state index < -0.39 is 0 Å². The third-order valence-corrected chi connectivity index (χ3v) is 8.42. The summed E-state index contributed by atoms with van der Waals surface area (Å²) in [5, 5.41) is 3.21. The molecule has 1 aromatic carbocycles. The Labute approximate surface area is 230 Å². The highest BCUT2D eigenvalue weighted by atomic mass is 32.1. The van der Waals surface area contributed by atoms with Crippen LogP contribution in [-0.2, 0) is 28.7 Å². The van der Waals surface area contributed by atoms with Crippen molar-refractivity contribution in [1.29, 1.82) is 0 Å². The predicted molar refractivity (Wildman–Crippen MR) is 154 cm³/mol. The minimum Gasteiger partial charge on any atom is -0.496 e. The highest BCUT2D eigenvalue weighted by Crippen LogP contribution is 2.43. The van der Waals surface area contributed by atoms with Gasteiger partial charge in [-0.15, -0.1) is 11.3 Å². The molecule has 1 saturated heterocycles. The van der Waals surface area contributed by atoms with Crippen molar-refractivity contribution in [3.63, 3.8) is 0 Å². The van der Waals surface area contributed by atoms with Crippen molar-refractivity contribution in [2.75, 3.05) is 20.2 Å². The molecule has 0 unspecified atom stereocenters. The lowest BCUT2D eigenvalue weighted by molar-refractivity contribution is -0.133. The van der Waals surface area contributed by atoms with E-state index >= 15 is 0 Å². The molecule has 1 aliphatic rings. The number of thiazole rings is 1. The van der Waals surface area contributed by atoms with E-state index in [1.54, 1.807) is 35.4 Å². The summed E-state index contributed by atoms with van der Waals surface area (Å²) in [6.07, 6.45) is 5.19. The molecular weight excluding hydrogens is 496 g/mol. The maximum absolute atomic E-state index is 12.9. The van der Waals surface area contributed by atoms with Gasteiger partial charge in [0.05, 0.1) is 12.8 Å². The van der Waals surface area contributed by atoms with Gasteiger partial charge in [-0.2, -0.15) is 0 Å². The summed E-state index contributed by atoms with van der Waals surface area (Å²) >= 11 is 1.69. The molecule has 1 aliphatic heterocycles. The molecule has 0 aliphatic carbocycles. The minimum atomic E-state index is -0.131. The molecule has 0 spiro atoms. The number of imidazole rings is 1. The first-order valence-corrected chi connectivity index (χ1v) is 14.4. The SMILES string of the molecule is CCn1ccn(CC(=O)N2CCC(c3csc(-c4cc(C(C)(C)C)c(OC)c(C(C)(C)C)c4)n3)CC2)c1=O. The lowest BCUT2D eigenvalue weighted by atomic mass is 9.78. The van der Waals surface area contributed by atoms with Crippen LogP contribution in [0, 0.1) is 0 Å². The number of aryl methyl sites for hydroxylation is 1. The lowest BCUT2D eigenvalue weighted by Gasteiger charge is -2.31. The molecule has 7 nitrogen and oxygen atoms in total. The number of carbonyl (C=O) groups is 1. The number of methoxy groups -OCH3 is 1. The molecule has 38 heavy (non-hydrogen) atoms. The minimum absolute atomic E-state index is 0.000946. The summed E-state index contributed by atoms with van der Waals surface area (Å²) in [7, 11) is 1.76. The number of hydrogen-bond donors (Lipinski definition) is 0. The van der Waals surface area contributed by atoms with Crippen LogP contribution in [0.2, 0.25) is 0 Å². The van der Waals surface area contributed by atoms with Crippen LogP contribution < -0.4 is 10.4 Å². The predicted octanol–water partition coefficient (Wildman–Crippen LogP) is 5.80. The van der Waals surface area contributed by atoms with Crippen LogP contribution in [0.1, 0.15) is 84.0 Å². The molecule has 1 fully saturated rings. The maximum atomic E-state index is 12.9. The molecule has 4 rings (SSSR count). The average molecular weight is 539 g/mol. The second kappa shape index (κ2) is 10.7. The van der Waals surface area contributed by atoms with Crippen LogP contribution in [0.15, 0.2) is 34.7 Å². The summed E-state index contributed by atoms with van der Waals surface area (Å²) in [5.74, 6) is 1.30. The smallest absolute Gasteiger partial charge is 0.328 e. The Morgan fingerprint density at radius 3 is 2.11 bits per heavy atom. The van der Waals surface area contributed by atoms with Crippen LogP contribution >= 0.6 is 11.3 Å². The molecule has 0 atom stereocenters. The molecule has 3 aromatic rings. The average Bonchev–Trinajstić information content (AvgIpc) is 3.49. The van der Waals surface area contributed by atoms with Gasteiger partial charge in [-0.25, -0.2) is 9.78 Å². The van der Waals surface area contributed by atoms with Crippen molar-refractivity contribution in [3.8, 4) is 16.3 Å². The summed E-state index contributed by atoms with van der Waals surface area (Å²) < 4.78 is 9.04. The van der Waals surface area contributed by atoms with E-state index in [1.807, 2.05) is 11.8 Å². The Kier molecular flexibility index (Phi) is 7.94. The van der Waals surface area contributed by atoms with Gasteiger partial charge in [-0.3, -0.25) is 13.9 Å². The standard InChI is InChI=1S/C30H42N4O3S/c1-9-32-14-15-34(28(32)36)18-25(35)33-12-10-20(11-13-33)24-19-38-27(31-24)21-16-22(29(2,3)4)26(37-8)23(17-21)30(5,6)7/h14-17,19-20H,9-13,18H2,1-8H3. The molecular formula is C30H42N4O3S. The molecule has 8 heteroatoms. The quantitative estimate of drug-likeness (QED) is 0.398. The Balaban J connectivity index is 1.50. The van der Waals surface area contributed by atoms with Crippen molar-refractivity contribution < 1.29 is 9.53 Å². The van der Waals surface area contributed by atoms with Crippen molar-refractivity contribution in [2.24, 2.45) is 0 Å². The van der Waals surface area contributed by atoms with Gasteiger partial charge in [0.1, 0.15) is 17.3 Å². The summed E-state index contributed by atoms with van der Waals surface area (Å²) in [6, 6.07) is 4.48. The van der Waals surface area contributed by atoms with Gasteiger partial charge in [-0.05, 0) is 42.7 Å². The monoisotopic (exact) mass is 538 g/mol. The number of benzene rings is 1. The number of nitrogens with zero attached hydrogens (tertiary/aromatic N) is 4. The number of piperidine rings is 1. The normalized spacial score (nSPS) is 15.2. The molecule has 1 amide bonds. The second-order valence-electron chi connectivity index (χ2n) is 12.3. The molecule has 3 heterocycles. The largest absolute Gasteiger partial charge is 0.496 e. The van der Waals surface area contributed by atoms with Crippen molar-refractivity contribution >= 4 is 17.2 Å². The number of likely N-dealkylation sites (tertiary alicyclic amines) is 1. The van der Waals surface area contributed by atoms with E-state index in [-0.39, 0.29) is 29.0 Å². The van der Waals surface area contributed by atoms with Crippen LogP contribution in [-0.4, -0.2) is 45.1 Å². The number of rotatable bonds is 6. The number of amides is 1. The van der Waals surface area contributed by atoms with Gasteiger partial charge in [0.25, 0.3) is 0 Å². The van der Waals surface area contributed by atoms with Crippen LogP contribution in [0.25, 0.3) is 10.6 Å². The fourth-order valence-electron chi connectivity index (χ4n) is 5.18. The zero-order chi connectivity index (χ0) is 27.8. The molecule has 0 saturated carbocycles. The Morgan fingerprint density at radius 2 is 1.61 bits per heavy atom. The zero-order valence-electron chi connectivity index (χ0n) is 24.1. The molecule has 0 radical (unpaired) electrons. The topological polar surface area (TPSA) is 69.4 Å². The van der Waals surface area contributed by atoms with Crippen LogP contribution in [0.4, 0.5) is 0 Å². The van der Waals surface area contributed by atoms with E-state index in [2.05, 4.69) is 59.1 Å². The van der Waals surface area contributed by atoms with E-state index in [0.717, 1.165) is 34.9 Å². The Hall–Kier alpha value is -2.87. The number of carbonyl (C=O) groups excluding carboxylic acids is 1. The fourth-order valence-corrected chi connectivity index (χ4v) is 6.07. The first-order chi connectivity index (χ1) is 17.8.